The van der Waals surface area contributed by atoms with E-state index in [1.807, 2.05) is 43.6 Å². The van der Waals surface area contributed by atoms with E-state index in [0.29, 0.717) is 18.1 Å². The molecule has 1 aliphatic rings. The van der Waals surface area contributed by atoms with Crippen molar-refractivity contribution in [2.45, 2.75) is 19.3 Å². The van der Waals surface area contributed by atoms with Gasteiger partial charge in [-0.1, -0.05) is 6.42 Å². The predicted octanol–water partition coefficient (Wildman–Crippen LogP) is 5.47. The van der Waals surface area contributed by atoms with Crippen molar-refractivity contribution < 1.29 is 19.3 Å². The number of ether oxygens (including phenoxy) is 3. The molecule has 34 heavy (non-hydrogen) atoms. The maximum Gasteiger partial charge on any atom is 0.206 e. The van der Waals surface area contributed by atoms with Crippen LogP contribution in [-0.2, 0) is 7.05 Å². The van der Waals surface area contributed by atoms with Gasteiger partial charge in [-0.05, 0) is 66.1 Å². The fourth-order valence-corrected chi connectivity index (χ4v) is 5.39. The van der Waals surface area contributed by atoms with Crippen LogP contribution >= 0.6 is 15.9 Å². The van der Waals surface area contributed by atoms with E-state index < -0.39 is 0 Å². The molecule has 1 N–H and O–H groups in total. The van der Waals surface area contributed by atoms with Crippen LogP contribution < -0.4 is 14.2 Å². The van der Waals surface area contributed by atoms with E-state index in [-0.39, 0.29) is 5.88 Å². The van der Waals surface area contributed by atoms with Crippen LogP contribution in [0.25, 0.3) is 27.5 Å². The van der Waals surface area contributed by atoms with E-state index in [4.69, 9.17) is 14.2 Å². The summed E-state index contributed by atoms with van der Waals surface area (Å²) in [7, 11) is 5.28. The first-order chi connectivity index (χ1) is 16.5. The van der Waals surface area contributed by atoms with Gasteiger partial charge in [0.15, 0.2) is 11.5 Å². The highest BCUT2D eigenvalue weighted by molar-refractivity contribution is 9.10. The molecule has 3 heterocycles. The van der Waals surface area contributed by atoms with Gasteiger partial charge in [0.25, 0.3) is 0 Å². The van der Waals surface area contributed by atoms with Gasteiger partial charge in [-0.2, -0.15) is 0 Å². The second kappa shape index (κ2) is 9.43. The molecule has 2 aromatic carbocycles. The Morgan fingerprint density at radius 1 is 0.941 bits per heavy atom. The van der Waals surface area contributed by atoms with Gasteiger partial charge in [-0.25, -0.2) is 0 Å². The van der Waals surface area contributed by atoms with Gasteiger partial charge in [0.05, 0.1) is 40.8 Å². The molecule has 0 amide bonds. The van der Waals surface area contributed by atoms with Crippen molar-refractivity contribution in [3.8, 4) is 28.8 Å². The van der Waals surface area contributed by atoms with Crippen LogP contribution in [0.4, 0.5) is 0 Å². The SMILES string of the molecule is COc1cc2c3c(O)n(-c4ccc(OC)c(OCCN5CCCCC5)c4)cc3n(C)c2cc1Br. The average Bonchev–Trinajstić information content (AvgIpc) is 3.33. The molecule has 0 radical (unpaired) electrons. The summed E-state index contributed by atoms with van der Waals surface area (Å²) in [6.45, 7) is 3.77. The van der Waals surface area contributed by atoms with Crippen LogP contribution in [0.3, 0.4) is 0 Å². The average molecular weight is 528 g/mol. The number of aromatic hydroxyl groups is 1. The van der Waals surface area contributed by atoms with Crippen LogP contribution in [0.1, 0.15) is 19.3 Å². The lowest BCUT2D eigenvalue weighted by Crippen LogP contribution is -2.33. The molecule has 0 aliphatic carbocycles. The molecular weight excluding hydrogens is 498 g/mol. The van der Waals surface area contributed by atoms with Crippen LogP contribution in [0.15, 0.2) is 41.0 Å². The molecule has 180 valence electrons. The van der Waals surface area contributed by atoms with Gasteiger partial charge in [0.1, 0.15) is 12.4 Å². The van der Waals surface area contributed by atoms with Crippen molar-refractivity contribution in [2.75, 3.05) is 40.5 Å². The largest absolute Gasteiger partial charge is 0.496 e. The minimum atomic E-state index is 0.175. The fraction of sp³-hybridized carbons (Fsp3) is 0.385. The first kappa shape index (κ1) is 22.9. The molecule has 0 unspecified atom stereocenters. The molecule has 1 aliphatic heterocycles. The van der Waals surface area contributed by atoms with Crippen LogP contribution in [0, 0.1) is 0 Å². The third-order valence-corrected chi connectivity index (χ3v) is 7.38. The number of aryl methyl sites for hydroxylation is 1. The number of halogens is 1. The molecule has 0 bridgehead atoms. The predicted molar refractivity (Wildman–Crippen MR) is 138 cm³/mol. The van der Waals surface area contributed by atoms with Crippen molar-refractivity contribution in [3.05, 3.63) is 41.0 Å². The summed E-state index contributed by atoms with van der Waals surface area (Å²) in [5, 5.41) is 13.0. The highest BCUT2D eigenvalue weighted by atomic mass is 79.9. The number of hydrogen-bond donors (Lipinski definition) is 1. The van der Waals surface area contributed by atoms with E-state index in [2.05, 4.69) is 25.4 Å². The Bertz CT molecular complexity index is 1340. The highest BCUT2D eigenvalue weighted by Gasteiger charge is 2.20. The number of likely N-dealkylation sites (tertiary alicyclic amines) is 1. The number of aromatic nitrogens is 2. The maximum atomic E-state index is 11.3. The number of benzene rings is 2. The highest BCUT2D eigenvalue weighted by Crippen LogP contribution is 2.42. The molecule has 7 nitrogen and oxygen atoms in total. The third kappa shape index (κ3) is 3.99. The molecule has 0 atom stereocenters. The summed E-state index contributed by atoms with van der Waals surface area (Å²) < 4.78 is 21.9. The van der Waals surface area contributed by atoms with Crippen molar-refractivity contribution in [2.24, 2.45) is 7.05 Å². The Balaban J connectivity index is 1.49. The van der Waals surface area contributed by atoms with Crippen molar-refractivity contribution in [1.29, 1.82) is 0 Å². The minimum absolute atomic E-state index is 0.175. The number of rotatable bonds is 7. The summed E-state index contributed by atoms with van der Waals surface area (Å²) >= 11 is 3.56. The first-order valence-corrected chi connectivity index (χ1v) is 12.4. The van der Waals surface area contributed by atoms with Gasteiger partial charge in [0.2, 0.25) is 5.88 Å². The Morgan fingerprint density at radius 3 is 2.44 bits per heavy atom. The lowest BCUT2D eigenvalue weighted by Gasteiger charge is -2.26. The summed E-state index contributed by atoms with van der Waals surface area (Å²) in [5.41, 5.74) is 2.74. The van der Waals surface area contributed by atoms with E-state index in [0.717, 1.165) is 57.3 Å². The summed E-state index contributed by atoms with van der Waals surface area (Å²) in [6.07, 6.45) is 5.79. The van der Waals surface area contributed by atoms with Gasteiger partial charge in [-0.3, -0.25) is 9.47 Å². The Kier molecular flexibility index (Phi) is 6.36. The van der Waals surface area contributed by atoms with Gasteiger partial charge in [0, 0.05) is 31.2 Å². The zero-order valence-corrected chi connectivity index (χ0v) is 21.4. The number of hydrogen-bond acceptors (Lipinski definition) is 5. The zero-order valence-electron chi connectivity index (χ0n) is 19.8. The topological polar surface area (TPSA) is 61.0 Å². The van der Waals surface area contributed by atoms with E-state index in [1.54, 1.807) is 18.8 Å². The van der Waals surface area contributed by atoms with Crippen LogP contribution in [0.2, 0.25) is 0 Å². The van der Waals surface area contributed by atoms with Gasteiger partial charge < -0.3 is 23.9 Å². The molecule has 1 fully saturated rings. The number of methoxy groups -OCH3 is 2. The van der Waals surface area contributed by atoms with E-state index in [1.165, 1.54) is 19.3 Å². The molecular formula is C26H30BrN3O4. The second-order valence-corrected chi connectivity index (χ2v) is 9.59. The Morgan fingerprint density at radius 2 is 1.71 bits per heavy atom. The summed E-state index contributed by atoms with van der Waals surface area (Å²) in [5.74, 6) is 2.25. The molecule has 4 aromatic rings. The summed E-state index contributed by atoms with van der Waals surface area (Å²) in [4.78, 5) is 2.45. The summed E-state index contributed by atoms with van der Waals surface area (Å²) in [6, 6.07) is 9.70. The normalized spacial score (nSPS) is 14.7. The zero-order chi connectivity index (χ0) is 23.8. The van der Waals surface area contributed by atoms with Crippen molar-refractivity contribution in [3.63, 3.8) is 0 Å². The minimum Gasteiger partial charge on any atom is -0.496 e. The Labute approximate surface area is 207 Å². The quantitative estimate of drug-likeness (QED) is 0.345. The maximum absolute atomic E-state index is 11.3. The number of fused-ring (bicyclic) bond motifs is 3. The fourth-order valence-electron chi connectivity index (χ4n) is 4.90. The first-order valence-electron chi connectivity index (χ1n) is 11.6. The van der Waals surface area contributed by atoms with E-state index >= 15 is 0 Å². The Hall–Kier alpha value is -2.84. The van der Waals surface area contributed by atoms with E-state index in [9.17, 15) is 5.11 Å². The number of piperidine rings is 1. The van der Waals surface area contributed by atoms with Crippen LogP contribution in [-0.4, -0.2) is 59.6 Å². The van der Waals surface area contributed by atoms with Crippen LogP contribution in [0.5, 0.6) is 23.1 Å². The monoisotopic (exact) mass is 527 g/mol. The molecule has 8 heteroatoms. The molecule has 5 rings (SSSR count). The molecule has 0 spiro atoms. The molecule has 2 aromatic heterocycles. The standard InChI is InChI=1S/C26H30BrN3O4/c1-28-20-15-19(27)23(33-3)14-18(20)25-21(28)16-30(26(25)31)17-7-8-22(32-2)24(13-17)34-12-11-29-9-5-4-6-10-29/h7-8,13-16,31H,4-6,9-12H2,1-3H3. The lowest BCUT2D eigenvalue weighted by atomic mass is 10.1. The van der Waals surface area contributed by atoms with Crippen molar-refractivity contribution in [1.82, 2.24) is 14.0 Å². The molecule has 0 saturated carbocycles. The smallest absolute Gasteiger partial charge is 0.206 e. The third-order valence-electron chi connectivity index (χ3n) is 6.76. The van der Waals surface area contributed by atoms with Gasteiger partial charge in [-0.15, -0.1) is 0 Å². The molecule has 1 saturated heterocycles. The van der Waals surface area contributed by atoms with Gasteiger partial charge >= 0.3 is 0 Å². The lowest BCUT2D eigenvalue weighted by molar-refractivity contribution is 0.180. The second-order valence-electron chi connectivity index (χ2n) is 8.73. The number of nitrogens with zero attached hydrogens (tertiary/aromatic N) is 3. The van der Waals surface area contributed by atoms with Crippen molar-refractivity contribution >= 4 is 37.7 Å².